The van der Waals surface area contributed by atoms with Crippen LogP contribution >= 0.6 is 0 Å². The Hall–Kier alpha value is -1.53. The highest BCUT2D eigenvalue weighted by atomic mass is 19.2. The monoisotopic (exact) mass is 324 g/mol. The van der Waals surface area contributed by atoms with Gasteiger partial charge in [-0.3, -0.25) is 9.69 Å². The van der Waals surface area contributed by atoms with Crippen molar-refractivity contribution in [1.82, 2.24) is 9.80 Å². The summed E-state index contributed by atoms with van der Waals surface area (Å²) in [6, 6.07) is 4.29. The molecule has 0 spiro atoms. The number of rotatable bonds is 3. The summed E-state index contributed by atoms with van der Waals surface area (Å²) >= 11 is 0. The maximum Gasteiger partial charge on any atom is 0.251 e. The molecule has 3 atom stereocenters. The van der Waals surface area contributed by atoms with Gasteiger partial charge in [0, 0.05) is 33.2 Å². The third-order valence-corrected chi connectivity index (χ3v) is 4.75. The summed E-state index contributed by atoms with van der Waals surface area (Å²) in [4.78, 5) is 15.9. The zero-order valence-corrected chi connectivity index (χ0v) is 13.5. The smallest absolute Gasteiger partial charge is 0.251 e. The van der Waals surface area contributed by atoms with Crippen LogP contribution in [0, 0.1) is 11.6 Å². The molecule has 4 nitrogen and oxygen atoms in total. The van der Waals surface area contributed by atoms with Crippen LogP contribution in [0.5, 0.6) is 0 Å². The van der Waals surface area contributed by atoms with E-state index in [1.807, 2.05) is 0 Å². The van der Waals surface area contributed by atoms with Gasteiger partial charge in [0.1, 0.15) is 6.10 Å². The predicted octanol–water partition coefficient (Wildman–Crippen LogP) is 2.17. The number of carbonyl (C=O) groups is 1. The van der Waals surface area contributed by atoms with Crippen LogP contribution in [0.2, 0.25) is 0 Å². The van der Waals surface area contributed by atoms with Gasteiger partial charge in [-0.2, -0.15) is 0 Å². The minimum Gasteiger partial charge on any atom is -0.363 e. The molecule has 23 heavy (non-hydrogen) atoms. The van der Waals surface area contributed by atoms with Crippen molar-refractivity contribution in [1.29, 1.82) is 0 Å². The van der Waals surface area contributed by atoms with E-state index < -0.39 is 11.6 Å². The van der Waals surface area contributed by atoms with Crippen molar-refractivity contribution in [3.63, 3.8) is 0 Å². The molecule has 0 radical (unpaired) electrons. The Kier molecular flexibility index (Phi) is 4.64. The van der Waals surface area contributed by atoms with Gasteiger partial charge in [0.15, 0.2) is 11.6 Å². The second-order valence-electron chi connectivity index (χ2n) is 6.55. The summed E-state index contributed by atoms with van der Waals surface area (Å²) in [5.74, 6) is -1.61. The third-order valence-electron chi connectivity index (χ3n) is 4.75. The molecule has 1 aromatic carbocycles. The molecule has 2 fully saturated rings. The quantitative estimate of drug-likeness (QED) is 0.854. The fourth-order valence-corrected chi connectivity index (χ4v) is 3.55. The first kappa shape index (κ1) is 16.3. The van der Waals surface area contributed by atoms with Crippen molar-refractivity contribution in [2.45, 2.75) is 44.1 Å². The molecule has 0 unspecified atom stereocenters. The number of halogens is 2. The molecule has 2 aliphatic rings. The Labute approximate surface area is 135 Å². The number of ether oxygens (including phenoxy) is 1. The highest BCUT2D eigenvalue weighted by Gasteiger charge is 2.41. The SMILES string of the molecule is CN(C)C(=O)[C@@H]1CC[C@H]2[C@H](CCN2Cc2ccc(F)c(F)c2)O1. The van der Waals surface area contributed by atoms with Gasteiger partial charge in [-0.1, -0.05) is 6.07 Å². The molecule has 1 amide bonds. The van der Waals surface area contributed by atoms with Gasteiger partial charge in [0.25, 0.3) is 5.91 Å². The molecule has 2 aliphatic heterocycles. The lowest BCUT2D eigenvalue weighted by molar-refractivity contribution is -0.152. The summed E-state index contributed by atoms with van der Waals surface area (Å²) in [7, 11) is 3.48. The molecule has 2 saturated heterocycles. The number of hydrogen-bond donors (Lipinski definition) is 0. The number of hydrogen-bond acceptors (Lipinski definition) is 3. The van der Waals surface area contributed by atoms with Crippen LogP contribution in [0.4, 0.5) is 8.78 Å². The normalized spacial score (nSPS) is 27.7. The van der Waals surface area contributed by atoms with Crippen LogP contribution in [0.15, 0.2) is 18.2 Å². The molecular weight excluding hydrogens is 302 g/mol. The second kappa shape index (κ2) is 6.53. The van der Waals surface area contributed by atoms with Gasteiger partial charge < -0.3 is 9.64 Å². The standard InChI is InChI=1S/C17H22F2N2O2/c1-20(2)17(22)16-6-5-14-15(23-16)7-8-21(14)10-11-3-4-12(18)13(19)9-11/h3-4,9,14-16H,5-8,10H2,1-2H3/t14-,15-,16-/m0/s1. The van der Waals surface area contributed by atoms with Crippen molar-refractivity contribution in [2.24, 2.45) is 0 Å². The van der Waals surface area contributed by atoms with E-state index in [0.717, 1.165) is 24.9 Å². The van der Waals surface area contributed by atoms with Gasteiger partial charge in [0.05, 0.1) is 6.10 Å². The first-order valence-corrected chi connectivity index (χ1v) is 8.00. The Bertz CT molecular complexity index is 594. The lowest BCUT2D eigenvalue weighted by Gasteiger charge is -2.36. The van der Waals surface area contributed by atoms with Gasteiger partial charge in [0.2, 0.25) is 0 Å². The van der Waals surface area contributed by atoms with Crippen LogP contribution < -0.4 is 0 Å². The van der Waals surface area contributed by atoms with E-state index in [0.29, 0.717) is 13.0 Å². The molecular formula is C17H22F2N2O2. The molecule has 0 saturated carbocycles. The fourth-order valence-electron chi connectivity index (χ4n) is 3.55. The summed E-state index contributed by atoms with van der Waals surface area (Å²) in [5.41, 5.74) is 0.760. The summed E-state index contributed by atoms with van der Waals surface area (Å²) < 4.78 is 32.3. The van der Waals surface area contributed by atoms with E-state index >= 15 is 0 Å². The van der Waals surface area contributed by atoms with Crippen LogP contribution in [-0.4, -0.2) is 54.6 Å². The lowest BCUT2D eigenvalue weighted by atomic mass is 9.98. The lowest BCUT2D eigenvalue weighted by Crippen LogP contribution is -2.47. The van der Waals surface area contributed by atoms with Crippen LogP contribution in [0.3, 0.4) is 0 Å². The number of likely N-dealkylation sites (N-methyl/N-ethyl adjacent to an activating group) is 1. The number of amides is 1. The first-order valence-electron chi connectivity index (χ1n) is 8.00. The van der Waals surface area contributed by atoms with Gasteiger partial charge in [-0.05, 0) is 37.0 Å². The molecule has 0 aromatic heterocycles. The highest BCUT2D eigenvalue weighted by Crippen LogP contribution is 2.33. The molecule has 0 aliphatic carbocycles. The van der Waals surface area contributed by atoms with E-state index in [1.165, 1.54) is 12.1 Å². The predicted molar refractivity (Wildman–Crippen MR) is 81.8 cm³/mol. The van der Waals surface area contributed by atoms with Crippen molar-refractivity contribution in [3.8, 4) is 0 Å². The first-order chi connectivity index (χ1) is 11.0. The minimum absolute atomic E-state index is 0.0162. The molecule has 3 rings (SSSR count). The molecule has 0 N–H and O–H groups in total. The van der Waals surface area contributed by atoms with Crippen molar-refractivity contribution in [2.75, 3.05) is 20.6 Å². The maximum atomic E-state index is 13.3. The Morgan fingerprint density at radius 3 is 2.74 bits per heavy atom. The van der Waals surface area contributed by atoms with E-state index in [9.17, 15) is 13.6 Å². The second-order valence-corrected chi connectivity index (χ2v) is 6.55. The number of carbonyl (C=O) groups excluding carboxylic acids is 1. The Balaban J connectivity index is 1.63. The van der Waals surface area contributed by atoms with Gasteiger partial charge in [-0.15, -0.1) is 0 Å². The molecule has 2 heterocycles. The van der Waals surface area contributed by atoms with Crippen LogP contribution in [0.25, 0.3) is 0 Å². The number of benzene rings is 1. The highest BCUT2D eigenvalue weighted by molar-refractivity contribution is 5.80. The zero-order valence-electron chi connectivity index (χ0n) is 13.5. The Morgan fingerprint density at radius 2 is 2.04 bits per heavy atom. The number of nitrogens with zero attached hydrogens (tertiary/aromatic N) is 2. The molecule has 6 heteroatoms. The summed E-state index contributed by atoms with van der Waals surface area (Å²) in [6.45, 7) is 1.42. The molecule has 126 valence electrons. The van der Waals surface area contributed by atoms with E-state index in [-0.39, 0.29) is 24.2 Å². The topological polar surface area (TPSA) is 32.8 Å². The summed E-state index contributed by atoms with van der Waals surface area (Å²) in [5, 5.41) is 0. The van der Waals surface area contributed by atoms with Crippen molar-refractivity contribution < 1.29 is 18.3 Å². The largest absolute Gasteiger partial charge is 0.363 e. The van der Waals surface area contributed by atoms with Crippen molar-refractivity contribution in [3.05, 3.63) is 35.4 Å². The third kappa shape index (κ3) is 3.38. The number of fused-ring (bicyclic) bond motifs is 1. The zero-order chi connectivity index (χ0) is 16.6. The van der Waals surface area contributed by atoms with Gasteiger partial charge in [-0.25, -0.2) is 8.78 Å². The molecule has 0 bridgehead atoms. The van der Waals surface area contributed by atoms with E-state index in [1.54, 1.807) is 25.1 Å². The van der Waals surface area contributed by atoms with Crippen LogP contribution in [0.1, 0.15) is 24.8 Å². The molecule has 1 aromatic rings. The number of likely N-dealkylation sites (tertiary alicyclic amines) is 1. The van der Waals surface area contributed by atoms with Gasteiger partial charge >= 0.3 is 0 Å². The summed E-state index contributed by atoms with van der Waals surface area (Å²) in [6.07, 6.45) is 2.15. The van der Waals surface area contributed by atoms with E-state index in [2.05, 4.69) is 4.90 Å². The van der Waals surface area contributed by atoms with Crippen LogP contribution in [-0.2, 0) is 16.1 Å². The minimum atomic E-state index is -0.820. The average molecular weight is 324 g/mol. The Morgan fingerprint density at radius 1 is 1.26 bits per heavy atom. The van der Waals surface area contributed by atoms with E-state index in [4.69, 9.17) is 4.74 Å². The van der Waals surface area contributed by atoms with Crippen molar-refractivity contribution >= 4 is 5.91 Å². The maximum absolute atomic E-state index is 13.3. The fraction of sp³-hybridized carbons (Fsp3) is 0.588. The average Bonchev–Trinajstić information content (AvgIpc) is 2.92.